The number of halogens is 1. The molecule has 0 amide bonds. The number of nitrogens with zero attached hydrogens (tertiary/aromatic N) is 1. The molecule has 0 radical (unpaired) electrons. The third-order valence-electron chi connectivity index (χ3n) is 0.204. The van der Waals surface area contributed by atoms with Crippen LogP contribution in [0.25, 0.3) is 0 Å². The quantitative estimate of drug-likeness (QED) is 0.387. The lowest BCUT2D eigenvalue weighted by molar-refractivity contribution is 1.23. The van der Waals surface area contributed by atoms with Crippen LogP contribution in [0.2, 0.25) is 0 Å². The average Bonchev–Trinajstić information content (AvgIpc) is 1.41. The van der Waals surface area contributed by atoms with Crippen LogP contribution in [0.15, 0.2) is 17.8 Å². The van der Waals surface area contributed by atoms with E-state index in [0.717, 1.165) is 0 Å². The van der Waals surface area contributed by atoms with Crippen LogP contribution in [0.5, 0.6) is 0 Å². The van der Waals surface area contributed by atoms with Gasteiger partial charge in [-0.2, -0.15) is 4.91 Å². The molecule has 0 bridgehead atoms. The lowest BCUT2D eigenvalue weighted by Gasteiger charge is -1.59. The maximum Gasteiger partial charge on any atom is 0.0989 e. The smallest absolute Gasteiger partial charge is 0.0989 e. The highest BCUT2D eigenvalue weighted by molar-refractivity contribution is 5.85. The predicted octanol–water partition coefficient (Wildman–Crippen LogP) is 1.36. The van der Waals surface area contributed by atoms with E-state index in [0.29, 0.717) is 0 Å². The first-order chi connectivity index (χ1) is 2.41. The minimum absolute atomic E-state index is 0. The van der Waals surface area contributed by atoms with Crippen LogP contribution < -0.4 is 0 Å². The molecule has 0 heterocycles. The molecule has 0 saturated carbocycles. The summed E-state index contributed by atoms with van der Waals surface area (Å²) < 4.78 is 0. The lowest BCUT2D eigenvalue weighted by Crippen LogP contribution is -1.58. The van der Waals surface area contributed by atoms with Crippen molar-refractivity contribution in [3.8, 4) is 0 Å². The number of hydrogen-bond donors (Lipinski definition) is 0. The summed E-state index contributed by atoms with van der Waals surface area (Å²) in [7, 11) is 0. The SMILES string of the molecule is C=CCN=O.Cl. The zero-order valence-electron chi connectivity index (χ0n) is 3.26. The van der Waals surface area contributed by atoms with Crippen molar-refractivity contribution in [1.82, 2.24) is 0 Å². The van der Waals surface area contributed by atoms with Crippen LogP contribution in [0.4, 0.5) is 0 Å². The van der Waals surface area contributed by atoms with E-state index in [1.807, 2.05) is 0 Å². The van der Waals surface area contributed by atoms with E-state index >= 15 is 0 Å². The summed E-state index contributed by atoms with van der Waals surface area (Å²) in [6.45, 7) is 3.48. The van der Waals surface area contributed by atoms with Crippen LogP contribution in [0.1, 0.15) is 0 Å². The van der Waals surface area contributed by atoms with Gasteiger partial charge in [0.2, 0.25) is 0 Å². The third-order valence-corrected chi connectivity index (χ3v) is 0.204. The Morgan fingerprint density at radius 2 is 2.33 bits per heavy atom. The minimum atomic E-state index is 0. The number of rotatable bonds is 2. The standard InChI is InChI=1S/C3H5NO.ClH/c1-2-3-4-5;/h2H,1,3H2;1H. The Balaban J connectivity index is 0. The van der Waals surface area contributed by atoms with Crippen molar-refractivity contribution in [2.24, 2.45) is 5.18 Å². The molecule has 3 heteroatoms. The van der Waals surface area contributed by atoms with Crippen molar-refractivity contribution in [3.05, 3.63) is 17.6 Å². The molecule has 0 rings (SSSR count). The summed E-state index contributed by atoms with van der Waals surface area (Å²) in [5.41, 5.74) is 0. The molecule has 0 atom stereocenters. The molecule has 0 aromatic rings. The largest absolute Gasteiger partial charge is 0.150 e. The molecule has 6 heavy (non-hydrogen) atoms. The second kappa shape index (κ2) is 8.82. The van der Waals surface area contributed by atoms with Crippen LogP contribution in [-0.2, 0) is 0 Å². The molecule has 0 aliphatic heterocycles. The maximum atomic E-state index is 9.08. The van der Waals surface area contributed by atoms with Crippen molar-refractivity contribution in [1.29, 1.82) is 0 Å². The summed E-state index contributed by atoms with van der Waals surface area (Å²) in [6, 6.07) is 0. The molecule has 0 aliphatic carbocycles. The number of hydrogen-bond acceptors (Lipinski definition) is 2. The van der Waals surface area contributed by atoms with Gasteiger partial charge in [0.25, 0.3) is 0 Å². The van der Waals surface area contributed by atoms with Crippen LogP contribution in [0.3, 0.4) is 0 Å². The summed E-state index contributed by atoms with van der Waals surface area (Å²) >= 11 is 0. The monoisotopic (exact) mass is 107 g/mol. The zero-order valence-corrected chi connectivity index (χ0v) is 4.07. The average molecular weight is 108 g/mol. The van der Waals surface area contributed by atoms with Gasteiger partial charge in [0.15, 0.2) is 0 Å². The Hall–Kier alpha value is -0.370. The van der Waals surface area contributed by atoms with E-state index in [9.17, 15) is 0 Å². The highest BCUT2D eigenvalue weighted by Gasteiger charge is 1.58. The minimum Gasteiger partial charge on any atom is -0.150 e. The molecule has 36 valence electrons. The van der Waals surface area contributed by atoms with Crippen LogP contribution in [0, 0.1) is 4.91 Å². The highest BCUT2D eigenvalue weighted by atomic mass is 35.5. The Kier molecular flexibility index (Phi) is 13.5. The molecule has 0 saturated heterocycles. The first kappa shape index (κ1) is 9.16. The van der Waals surface area contributed by atoms with Gasteiger partial charge in [-0.15, -0.1) is 19.0 Å². The fraction of sp³-hybridized carbons (Fsp3) is 0.333. The Morgan fingerprint density at radius 3 is 2.33 bits per heavy atom. The highest BCUT2D eigenvalue weighted by Crippen LogP contribution is 1.61. The van der Waals surface area contributed by atoms with Gasteiger partial charge in [-0.05, 0) is 0 Å². The molecule has 0 N–H and O–H groups in total. The van der Waals surface area contributed by atoms with Crippen molar-refractivity contribution >= 4 is 12.4 Å². The molecular formula is C3H6ClNO. The molecule has 0 spiro atoms. The van der Waals surface area contributed by atoms with Gasteiger partial charge in [0.05, 0.1) is 6.54 Å². The fourth-order valence-electron chi connectivity index (χ4n) is 0.0527. The van der Waals surface area contributed by atoms with Crippen LogP contribution in [-0.4, -0.2) is 6.54 Å². The van der Waals surface area contributed by atoms with Crippen molar-refractivity contribution in [2.45, 2.75) is 0 Å². The molecule has 0 aliphatic rings. The molecule has 0 fully saturated rings. The van der Waals surface area contributed by atoms with Gasteiger partial charge in [-0.25, -0.2) is 0 Å². The van der Waals surface area contributed by atoms with E-state index in [4.69, 9.17) is 4.91 Å². The van der Waals surface area contributed by atoms with E-state index in [2.05, 4.69) is 11.8 Å². The van der Waals surface area contributed by atoms with Crippen LogP contribution >= 0.6 is 12.4 Å². The van der Waals surface area contributed by atoms with Gasteiger partial charge in [0, 0.05) is 0 Å². The van der Waals surface area contributed by atoms with Gasteiger partial charge in [-0.1, -0.05) is 11.3 Å². The second-order valence-electron chi connectivity index (χ2n) is 0.600. The molecule has 0 aromatic heterocycles. The summed E-state index contributed by atoms with van der Waals surface area (Å²) in [4.78, 5) is 9.08. The maximum absolute atomic E-state index is 9.08. The Morgan fingerprint density at radius 1 is 1.83 bits per heavy atom. The second-order valence-corrected chi connectivity index (χ2v) is 0.600. The van der Waals surface area contributed by atoms with E-state index in [-0.39, 0.29) is 19.0 Å². The molecule has 2 nitrogen and oxygen atoms in total. The van der Waals surface area contributed by atoms with E-state index in [1.165, 1.54) is 6.08 Å². The summed E-state index contributed by atoms with van der Waals surface area (Å²) in [6.07, 6.45) is 1.45. The van der Waals surface area contributed by atoms with Gasteiger partial charge in [-0.3, -0.25) is 0 Å². The normalized spacial score (nSPS) is 5.33. The molecule has 0 aromatic carbocycles. The first-order valence-corrected chi connectivity index (χ1v) is 1.32. The predicted molar refractivity (Wildman–Crippen MR) is 28.1 cm³/mol. The first-order valence-electron chi connectivity index (χ1n) is 1.32. The summed E-state index contributed by atoms with van der Waals surface area (Å²) in [5.74, 6) is 0. The summed E-state index contributed by atoms with van der Waals surface area (Å²) in [5, 5.41) is 2.49. The van der Waals surface area contributed by atoms with Gasteiger partial charge in [0.1, 0.15) is 0 Å². The van der Waals surface area contributed by atoms with E-state index < -0.39 is 0 Å². The Bertz CT molecular complexity index is 40.1. The van der Waals surface area contributed by atoms with Gasteiger partial charge < -0.3 is 0 Å². The molecular weight excluding hydrogens is 101 g/mol. The third kappa shape index (κ3) is 9.45. The van der Waals surface area contributed by atoms with Gasteiger partial charge >= 0.3 is 0 Å². The van der Waals surface area contributed by atoms with Crippen molar-refractivity contribution < 1.29 is 0 Å². The zero-order chi connectivity index (χ0) is 4.12. The van der Waals surface area contributed by atoms with Crippen molar-refractivity contribution in [3.63, 3.8) is 0 Å². The number of nitroso groups, excluding NO2 is 1. The molecule has 0 unspecified atom stereocenters. The Labute approximate surface area is 42.6 Å². The van der Waals surface area contributed by atoms with E-state index in [1.54, 1.807) is 0 Å². The lowest BCUT2D eigenvalue weighted by atomic mass is 10.7. The topological polar surface area (TPSA) is 29.4 Å². The fourth-order valence-corrected chi connectivity index (χ4v) is 0.0527. The van der Waals surface area contributed by atoms with Crippen molar-refractivity contribution in [2.75, 3.05) is 6.54 Å².